The van der Waals surface area contributed by atoms with Crippen LogP contribution in [0.25, 0.3) is 0 Å². The zero-order chi connectivity index (χ0) is 11.4. The molecule has 0 rings (SSSR count). The van der Waals surface area contributed by atoms with E-state index in [0.717, 1.165) is 0 Å². The smallest absolute Gasteiger partial charge is 0.0565 e. The first-order valence-corrected chi connectivity index (χ1v) is 9.56. The molecule has 0 heterocycles. The van der Waals surface area contributed by atoms with Crippen LogP contribution in [0.1, 0.15) is 47.5 Å². The maximum absolute atomic E-state index is 2.70. The summed E-state index contributed by atoms with van der Waals surface area (Å²) in [6.45, 7) is 11.6. The maximum Gasteiger partial charge on any atom is 0.0565 e. The first-order valence-electron chi connectivity index (χ1n) is 6.21. The fourth-order valence-electron chi connectivity index (χ4n) is 1.55. The first-order chi connectivity index (χ1) is 6.66. The molecule has 16 heavy (non-hydrogen) atoms. The first kappa shape index (κ1) is 26.2. The van der Waals surface area contributed by atoms with Crippen molar-refractivity contribution in [2.24, 2.45) is 0 Å². The van der Waals surface area contributed by atoms with Crippen molar-refractivity contribution in [3.8, 4) is 0 Å². The van der Waals surface area contributed by atoms with Crippen LogP contribution in [0.15, 0.2) is 0 Å². The quantitative estimate of drug-likeness (QED) is 0.642. The van der Waals surface area contributed by atoms with Gasteiger partial charge in [0.25, 0.3) is 0 Å². The SMILES string of the molecule is CCCCP.CC[P+](CC)(CC)CC.Cl.[Br-]. The highest BCUT2D eigenvalue weighted by Gasteiger charge is 2.27. The highest BCUT2D eigenvalue weighted by molar-refractivity contribution is 7.75. The molecule has 0 radical (unpaired) electrons. The fraction of sp³-hybridized carbons (Fsp3) is 1.00. The zero-order valence-corrected chi connectivity index (χ0v) is 16.2. The maximum atomic E-state index is 2.70. The van der Waals surface area contributed by atoms with Crippen molar-refractivity contribution in [3.05, 3.63) is 0 Å². The Labute approximate surface area is 124 Å². The van der Waals surface area contributed by atoms with Crippen LogP contribution >= 0.6 is 28.9 Å². The Hall–Kier alpha value is 1.63. The van der Waals surface area contributed by atoms with E-state index in [1.165, 1.54) is 43.7 Å². The predicted octanol–water partition coefficient (Wildman–Crippen LogP) is 2.17. The van der Waals surface area contributed by atoms with E-state index >= 15 is 0 Å². The lowest BCUT2D eigenvalue weighted by atomic mass is 10.4. The Morgan fingerprint density at radius 3 is 1.12 bits per heavy atom. The zero-order valence-electron chi connectivity index (χ0n) is 11.8. The molecule has 0 amide bonds. The number of rotatable bonds is 6. The van der Waals surface area contributed by atoms with Gasteiger partial charge in [-0.3, -0.25) is 0 Å². The number of hydrogen-bond donors (Lipinski definition) is 0. The standard InChI is InChI=1S/C8H20P.C4H11P.BrH.ClH/c1-5-9(6-2,7-3)8-4;1-2-3-4-5;;/h5-8H2,1-4H3;2-5H2,1H3;2*1H/q+1;;;/p-1. The van der Waals surface area contributed by atoms with Gasteiger partial charge >= 0.3 is 0 Å². The Bertz CT molecular complexity index is 89.7. The van der Waals surface area contributed by atoms with Gasteiger partial charge in [-0.15, -0.1) is 21.6 Å². The molecule has 0 aromatic carbocycles. The lowest BCUT2D eigenvalue weighted by molar-refractivity contribution is -0.00000346. The third-order valence-electron chi connectivity index (χ3n) is 3.24. The van der Waals surface area contributed by atoms with E-state index in [9.17, 15) is 0 Å². The summed E-state index contributed by atoms with van der Waals surface area (Å²) in [5.74, 6) is 0. The third-order valence-corrected chi connectivity index (χ3v) is 9.02. The van der Waals surface area contributed by atoms with Gasteiger partial charge in [0.05, 0.1) is 24.6 Å². The molecule has 0 saturated heterocycles. The van der Waals surface area contributed by atoms with Crippen LogP contribution < -0.4 is 17.0 Å². The molecular weight excluding hydrogens is 321 g/mol. The van der Waals surface area contributed by atoms with Crippen molar-refractivity contribution in [1.82, 2.24) is 0 Å². The van der Waals surface area contributed by atoms with Crippen molar-refractivity contribution in [3.63, 3.8) is 0 Å². The highest BCUT2D eigenvalue weighted by Crippen LogP contribution is 2.57. The van der Waals surface area contributed by atoms with Crippen LogP contribution in [-0.2, 0) is 0 Å². The summed E-state index contributed by atoms with van der Waals surface area (Å²) in [5.41, 5.74) is 0. The number of hydrogen-bond acceptors (Lipinski definition) is 0. The van der Waals surface area contributed by atoms with E-state index in [4.69, 9.17) is 0 Å². The molecule has 0 aromatic heterocycles. The second-order valence-corrected chi connectivity index (χ2v) is 9.54. The minimum Gasteiger partial charge on any atom is -1.00 e. The van der Waals surface area contributed by atoms with E-state index in [1.54, 1.807) is 0 Å². The molecule has 0 N–H and O–H groups in total. The summed E-state index contributed by atoms with van der Waals surface area (Å²) in [5, 5.41) is 0. The molecule has 1 atom stereocenters. The van der Waals surface area contributed by atoms with Gasteiger partial charge in [-0.05, 0) is 33.9 Å². The van der Waals surface area contributed by atoms with E-state index in [-0.39, 0.29) is 29.4 Å². The molecule has 0 nitrogen and oxygen atoms in total. The van der Waals surface area contributed by atoms with Crippen molar-refractivity contribution >= 4 is 28.9 Å². The Kier molecular flexibility index (Phi) is 31.1. The minimum atomic E-state index is -0.420. The fourth-order valence-corrected chi connectivity index (χ4v) is 4.64. The third kappa shape index (κ3) is 13.7. The van der Waals surface area contributed by atoms with Crippen LogP contribution in [0.2, 0.25) is 0 Å². The van der Waals surface area contributed by atoms with E-state index < -0.39 is 7.26 Å². The molecule has 0 saturated carbocycles. The normalized spacial score (nSPS) is 9.38. The van der Waals surface area contributed by atoms with E-state index in [2.05, 4.69) is 43.9 Å². The summed E-state index contributed by atoms with van der Waals surface area (Å²) in [6, 6.07) is 0. The van der Waals surface area contributed by atoms with Gasteiger partial charge in [0.1, 0.15) is 0 Å². The predicted molar refractivity (Wildman–Crippen MR) is 85.8 cm³/mol. The molecule has 4 heteroatoms. The van der Waals surface area contributed by atoms with Gasteiger partial charge in [-0.1, -0.05) is 19.8 Å². The van der Waals surface area contributed by atoms with Crippen molar-refractivity contribution < 1.29 is 17.0 Å². The Balaban J connectivity index is -0.0000000904. The monoisotopic (exact) mass is 352 g/mol. The van der Waals surface area contributed by atoms with Crippen molar-refractivity contribution in [2.45, 2.75) is 47.5 Å². The minimum absolute atomic E-state index is 0. The molecule has 0 aromatic rings. The van der Waals surface area contributed by atoms with Crippen LogP contribution in [0.4, 0.5) is 0 Å². The van der Waals surface area contributed by atoms with Gasteiger partial charge in [0.2, 0.25) is 0 Å². The largest absolute Gasteiger partial charge is 1.00 e. The number of unbranched alkanes of at least 4 members (excludes halogenated alkanes) is 1. The second-order valence-electron chi connectivity index (χ2n) is 3.75. The molecule has 0 aliphatic rings. The summed E-state index contributed by atoms with van der Waals surface area (Å²) < 4.78 is 0. The summed E-state index contributed by atoms with van der Waals surface area (Å²) >= 11 is 0. The van der Waals surface area contributed by atoms with E-state index in [1.807, 2.05) is 0 Å². The van der Waals surface area contributed by atoms with E-state index in [0.29, 0.717) is 0 Å². The summed E-state index contributed by atoms with van der Waals surface area (Å²) in [7, 11) is 2.28. The van der Waals surface area contributed by atoms with Crippen LogP contribution in [0.3, 0.4) is 0 Å². The van der Waals surface area contributed by atoms with Crippen molar-refractivity contribution in [2.75, 3.05) is 30.8 Å². The van der Waals surface area contributed by atoms with Crippen molar-refractivity contribution in [1.29, 1.82) is 0 Å². The lowest BCUT2D eigenvalue weighted by Crippen LogP contribution is -3.00. The van der Waals surface area contributed by atoms with Crippen LogP contribution in [0.5, 0.6) is 0 Å². The average Bonchev–Trinajstić information content (AvgIpc) is 2.24. The molecule has 1 unspecified atom stereocenters. The Morgan fingerprint density at radius 1 is 0.812 bits per heavy atom. The molecule has 0 aliphatic heterocycles. The summed E-state index contributed by atoms with van der Waals surface area (Å²) in [6.07, 6.45) is 9.75. The second kappa shape index (κ2) is 19.0. The molecule has 0 fully saturated rings. The number of halogens is 2. The van der Waals surface area contributed by atoms with Gasteiger partial charge in [0.15, 0.2) is 0 Å². The van der Waals surface area contributed by atoms with Gasteiger partial charge in [-0.25, -0.2) is 0 Å². The topological polar surface area (TPSA) is 0 Å². The highest BCUT2D eigenvalue weighted by atomic mass is 79.9. The molecule has 0 aliphatic carbocycles. The van der Waals surface area contributed by atoms with Gasteiger partial charge in [0, 0.05) is 7.26 Å². The molecule has 0 bridgehead atoms. The lowest BCUT2D eigenvalue weighted by Gasteiger charge is -2.20. The van der Waals surface area contributed by atoms with Crippen LogP contribution in [-0.4, -0.2) is 30.8 Å². The van der Waals surface area contributed by atoms with Crippen LogP contribution in [0, 0.1) is 0 Å². The molecule has 0 spiro atoms. The molecule has 104 valence electrons. The summed E-state index contributed by atoms with van der Waals surface area (Å²) in [4.78, 5) is 0. The average molecular weight is 354 g/mol. The van der Waals surface area contributed by atoms with Gasteiger partial charge in [-0.2, -0.15) is 0 Å². The van der Waals surface area contributed by atoms with Gasteiger partial charge < -0.3 is 17.0 Å². The molecular formula is C12H32BrClP2. The Morgan fingerprint density at radius 2 is 1.12 bits per heavy atom.